The van der Waals surface area contributed by atoms with E-state index in [9.17, 15) is 0 Å². The Hall–Kier alpha value is 0.180. The van der Waals surface area contributed by atoms with Crippen LogP contribution in [0, 0.1) is 12.8 Å². The van der Waals surface area contributed by atoms with Gasteiger partial charge in [-0.3, -0.25) is 0 Å². The van der Waals surface area contributed by atoms with Crippen LogP contribution in [0.3, 0.4) is 0 Å². The minimum atomic E-state index is 0.802. The summed E-state index contributed by atoms with van der Waals surface area (Å²) in [4.78, 5) is 0. The Bertz CT molecular complexity index is 320. The molecule has 2 unspecified atom stereocenters. The lowest BCUT2D eigenvalue weighted by atomic mass is 10.1. The number of aryl methyl sites for hydroxylation is 1. The maximum Gasteiger partial charge on any atom is 0.0207 e. The van der Waals surface area contributed by atoms with E-state index in [1.165, 1.54) is 22.0 Å². The summed E-state index contributed by atoms with van der Waals surface area (Å²) in [6.45, 7) is 2.13. The number of hydrogen-bond acceptors (Lipinski definition) is 0. The van der Waals surface area contributed by atoms with Crippen molar-refractivity contribution in [1.29, 1.82) is 0 Å². The van der Waals surface area contributed by atoms with E-state index in [1.807, 2.05) is 0 Å². The first-order chi connectivity index (χ1) is 6.22. The van der Waals surface area contributed by atoms with Gasteiger partial charge in [0.25, 0.3) is 0 Å². The van der Waals surface area contributed by atoms with E-state index < -0.39 is 0 Å². The van der Waals surface area contributed by atoms with Crippen LogP contribution in [0.25, 0.3) is 0 Å². The Balaban J connectivity index is 2.19. The van der Waals surface area contributed by atoms with Crippen molar-refractivity contribution in [2.75, 3.05) is 5.33 Å². The molecule has 1 saturated carbocycles. The van der Waals surface area contributed by atoms with Crippen LogP contribution in [0.4, 0.5) is 0 Å². The average Bonchev–Trinajstić information content (AvgIpc) is 2.88. The fourth-order valence-corrected chi connectivity index (χ4v) is 2.78. The molecule has 0 aromatic heterocycles. The minimum Gasteiger partial charge on any atom is -0.0925 e. The first-order valence-corrected chi connectivity index (χ1v) is 6.46. The lowest BCUT2D eigenvalue weighted by Gasteiger charge is -2.02. The summed E-state index contributed by atoms with van der Waals surface area (Å²) in [7, 11) is 0. The summed E-state index contributed by atoms with van der Waals surface area (Å²) in [5.41, 5.74) is 2.81. The second-order valence-corrected chi connectivity index (χ2v) is 5.27. The molecule has 0 heterocycles. The molecule has 2 heteroatoms. The van der Waals surface area contributed by atoms with Crippen molar-refractivity contribution in [1.82, 2.24) is 0 Å². The highest BCUT2D eigenvalue weighted by Crippen LogP contribution is 2.48. The summed E-state index contributed by atoms with van der Waals surface area (Å²) in [5.74, 6) is 1.67. The molecule has 1 aliphatic rings. The predicted molar refractivity (Wildman–Crippen MR) is 63.5 cm³/mol. The largest absolute Gasteiger partial charge is 0.0925 e. The zero-order valence-electron chi connectivity index (χ0n) is 7.56. The van der Waals surface area contributed by atoms with Crippen LogP contribution in [0.15, 0.2) is 22.7 Å². The van der Waals surface area contributed by atoms with Gasteiger partial charge < -0.3 is 0 Å². The Morgan fingerprint density at radius 2 is 2.23 bits per heavy atom. The maximum atomic E-state index is 3.57. The van der Waals surface area contributed by atoms with Crippen molar-refractivity contribution in [2.45, 2.75) is 19.3 Å². The van der Waals surface area contributed by atoms with Gasteiger partial charge in [-0.2, -0.15) is 0 Å². The van der Waals surface area contributed by atoms with Crippen molar-refractivity contribution in [3.8, 4) is 0 Å². The van der Waals surface area contributed by atoms with Crippen molar-refractivity contribution < 1.29 is 0 Å². The van der Waals surface area contributed by atoms with Gasteiger partial charge in [-0.25, -0.2) is 0 Å². The van der Waals surface area contributed by atoms with Gasteiger partial charge in [0.2, 0.25) is 0 Å². The molecule has 2 rings (SSSR count). The molecule has 0 N–H and O–H groups in total. The maximum absolute atomic E-state index is 3.57. The van der Waals surface area contributed by atoms with Gasteiger partial charge in [0, 0.05) is 9.80 Å². The lowest BCUT2D eigenvalue weighted by molar-refractivity contribution is 0.935. The smallest absolute Gasteiger partial charge is 0.0207 e. The standard InChI is InChI=1S/C11H12Br2/c1-7-2-3-8(5-11(7)13)10-4-9(10)6-12/h2-3,5,9-10H,4,6H2,1H3. The van der Waals surface area contributed by atoms with Crippen molar-refractivity contribution in [3.05, 3.63) is 33.8 Å². The van der Waals surface area contributed by atoms with Gasteiger partial charge in [0.05, 0.1) is 0 Å². The summed E-state index contributed by atoms with van der Waals surface area (Å²) in [6.07, 6.45) is 1.35. The van der Waals surface area contributed by atoms with Gasteiger partial charge >= 0.3 is 0 Å². The number of rotatable bonds is 2. The van der Waals surface area contributed by atoms with E-state index >= 15 is 0 Å². The van der Waals surface area contributed by atoms with Gasteiger partial charge in [-0.1, -0.05) is 44.0 Å². The Labute approximate surface area is 96.0 Å². The molecule has 0 amide bonds. The van der Waals surface area contributed by atoms with Crippen LogP contribution in [0.2, 0.25) is 0 Å². The van der Waals surface area contributed by atoms with Crippen LogP contribution in [0.1, 0.15) is 23.5 Å². The Kier molecular flexibility index (Phi) is 2.80. The number of hydrogen-bond donors (Lipinski definition) is 0. The SMILES string of the molecule is Cc1ccc(C2CC2CBr)cc1Br. The second kappa shape index (κ2) is 3.74. The lowest BCUT2D eigenvalue weighted by Crippen LogP contribution is -1.85. The quantitative estimate of drug-likeness (QED) is 0.716. The minimum absolute atomic E-state index is 0.802. The molecule has 0 nitrogen and oxygen atoms in total. The molecule has 13 heavy (non-hydrogen) atoms. The first-order valence-electron chi connectivity index (χ1n) is 4.54. The molecular weight excluding hydrogens is 292 g/mol. The fraction of sp³-hybridized carbons (Fsp3) is 0.455. The molecule has 1 aliphatic carbocycles. The average molecular weight is 304 g/mol. The Morgan fingerprint density at radius 3 is 2.77 bits per heavy atom. The third-order valence-corrected chi connectivity index (χ3v) is 4.43. The molecule has 2 atom stereocenters. The highest BCUT2D eigenvalue weighted by molar-refractivity contribution is 9.10. The summed E-state index contributed by atoms with van der Waals surface area (Å²) < 4.78 is 1.24. The fourth-order valence-electron chi connectivity index (χ4n) is 1.67. The van der Waals surface area contributed by atoms with E-state index in [0.717, 1.165) is 17.2 Å². The summed E-state index contributed by atoms with van der Waals surface area (Å²) in [5, 5.41) is 1.14. The van der Waals surface area contributed by atoms with Crippen LogP contribution < -0.4 is 0 Å². The van der Waals surface area contributed by atoms with Gasteiger partial charge in [0.15, 0.2) is 0 Å². The molecule has 70 valence electrons. The predicted octanol–water partition coefficient (Wildman–Crippen LogP) is 4.26. The van der Waals surface area contributed by atoms with E-state index in [1.54, 1.807) is 0 Å². The normalized spacial score (nSPS) is 26.1. The molecule has 1 aromatic rings. The first kappa shape index (κ1) is 9.72. The Morgan fingerprint density at radius 1 is 1.46 bits per heavy atom. The number of halogens is 2. The highest BCUT2D eigenvalue weighted by atomic mass is 79.9. The zero-order chi connectivity index (χ0) is 9.42. The van der Waals surface area contributed by atoms with Gasteiger partial charge in [0.1, 0.15) is 0 Å². The molecule has 0 bridgehead atoms. The van der Waals surface area contributed by atoms with Crippen LogP contribution >= 0.6 is 31.9 Å². The molecule has 0 radical (unpaired) electrons. The van der Waals surface area contributed by atoms with E-state index in [0.29, 0.717) is 0 Å². The molecule has 0 spiro atoms. The summed E-state index contributed by atoms with van der Waals surface area (Å²) in [6, 6.07) is 6.72. The third kappa shape index (κ3) is 1.99. The van der Waals surface area contributed by atoms with E-state index in [4.69, 9.17) is 0 Å². The topological polar surface area (TPSA) is 0 Å². The second-order valence-electron chi connectivity index (χ2n) is 3.77. The molecule has 0 aliphatic heterocycles. The van der Waals surface area contributed by atoms with Crippen LogP contribution in [-0.2, 0) is 0 Å². The highest BCUT2D eigenvalue weighted by Gasteiger charge is 2.37. The monoisotopic (exact) mass is 302 g/mol. The third-order valence-electron chi connectivity index (χ3n) is 2.74. The van der Waals surface area contributed by atoms with E-state index in [-0.39, 0.29) is 0 Å². The van der Waals surface area contributed by atoms with E-state index in [2.05, 4.69) is 57.0 Å². The van der Waals surface area contributed by atoms with Crippen molar-refractivity contribution in [3.63, 3.8) is 0 Å². The summed E-state index contributed by atoms with van der Waals surface area (Å²) >= 11 is 7.11. The van der Waals surface area contributed by atoms with Gasteiger partial charge in [-0.15, -0.1) is 0 Å². The number of benzene rings is 1. The number of alkyl halides is 1. The molecular formula is C11H12Br2. The molecule has 0 saturated heterocycles. The van der Waals surface area contributed by atoms with Crippen molar-refractivity contribution in [2.24, 2.45) is 5.92 Å². The molecule has 1 fully saturated rings. The van der Waals surface area contributed by atoms with Crippen molar-refractivity contribution >= 4 is 31.9 Å². The van der Waals surface area contributed by atoms with Gasteiger partial charge in [-0.05, 0) is 42.4 Å². The molecule has 1 aromatic carbocycles. The van der Waals surface area contributed by atoms with Crippen LogP contribution in [0.5, 0.6) is 0 Å². The van der Waals surface area contributed by atoms with Crippen LogP contribution in [-0.4, -0.2) is 5.33 Å². The zero-order valence-corrected chi connectivity index (χ0v) is 10.7.